The molecule has 0 radical (unpaired) electrons. The Bertz CT molecular complexity index is 442. The molecular formula is C16H24ClFN2. The number of nitrogens with one attached hydrogen (secondary N) is 1. The molecule has 0 unspecified atom stereocenters. The Labute approximate surface area is 127 Å². The van der Waals surface area contributed by atoms with Gasteiger partial charge in [-0.25, -0.2) is 4.39 Å². The quantitative estimate of drug-likeness (QED) is 0.917. The van der Waals surface area contributed by atoms with E-state index in [-0.39, 0.29) is 18.2 Å². The molecule has 1 aromatic rings. The first kappa shape index (κ1) is 15.7. The van der Waals surface area contributed by atoms with Crippen molar-refractivity contribution < 1.29 is 4.39 Å². The summed E-state index contributed by atoms with van der Waals surface area (Å²) in [5.41, 5.74) is 2.07. The largest absolute Gasteiger partial charge is 0.314 e. The monoisotopic (exact) mass is 298 g/mol. The maximum atomic E-state index is 13.5. The molecule has 20 heavy (non-hydrogen) atoms. The van der Waals surface area contributed by atoms with Crippen molar-refractivity contribution in [3.63, 3.8) is 0 Å². The fraction of sp³-hybridized carbons (Fsp3) is 0.625. The first-order valence-electron chi connectivity index (χ1n) is 7.45. The summed E-state index contributed by atoms with van der Waals surface area (Å²) in [7, 11) is 0. The van der Waals surface area contributed by atoms with E-state index in [0.717, 1.165) is 37.7 Å². The van der Waals surface area contributed by atoms with Crippen LogP contribution in [-0.2, 0) is 0 Å². The van der Waals surface area contributed by atoms with Crippen LogP contribution in [-0.4, -0.2) is 31.1 Å². The van der Waals surface area contributed by atoms with E-state index in [1.165, 1.54) is 24.8 Å². The molecule has 0 aromatic heterocycles. The highest BCUT2D eigenvalue weighted by Gasteiger charge is 2.30. The van der Waals surface area contributed by atoms with Crippen molar-refractivity contribution >= 4 is 12.4 Å². The van der Waals surface area contributed by atoms with Gasteiger partial charge in [-0.15, -0.1) is 12.4 Å². The zero-order valence-corrected chi connectivity index (χ0v) is 12.9. The molecular weight excluding hydrogens is 275 g/mol. The Hall–Kier alpha value is -0.640. The van der Waals surface area contributed by atoms with E-state index in [0.29, 0.717) is 6.04 Å². The Morgan fingerprint density at radius 3 is 2.60 bits per heavy atom. The molecule has 0 amide bonds. The van der Waals surface area contributed by atoms with Crippen LogP contribution in [0.5, 0.6) is 0 Å². The van der Waals surface area contributed by atoms with Crippen LogP contribution in [0, 0.1) is 18.7 Å². The normalized spacial score (nSPS) is 21.3. The molecule has 0 spiro atoms. The second-order valence-electron chi connectivity index (χ2n) is 5.99. The van der Waals surface area contributed by atoms with Crippen molar-refractivity contribution in [2.24, 2.45) is 5.92 Å². The summed E-state index contributed by atoms with van der Waals surface area (Å²) in [5.74, 6) is 0.805. The molecule has 1 aromatic carbocycles. The van der Waals surface area contributed by atoms with Gasteiger partial charge in [0.25, 0.3) is 0 Å². The van der Waals surface area contributed by atoms with Crippen LogP contribution >= 0.6 is 12.4 Å². The van der Waals surface area contributed by atoms with Gasteiger partial charge in [-0.1, -0.05) is 25.0 Å². The van der Waals surface area contributed by atoms with Crippen molar-refractivity contribution in [2.45, 2.75) is 32.2 Å². The van der Waals surface area contributed by atoms with Gasteiger partial charge < -0.3 is 5.32 Å². The number of hydrogen-bond acceptors (Lipinski definition) is 2. The van der Waals surface area contributed by atoms with Gasteiger partial charge in [0.05, 0.1) is 0 Å². The van der Waals surface area contributed by atoms with Crippen molar-refractivity contribution in [1.82, 2.24) is 10.2 Å². The Kier molecular flexibility index (Phi) is 5.42. The van der Waals surface area contributed by atoms with Gasteiger partial charge in [-0.2, -0.15) is 0 Å². The van der Waals surface area contributed by atoms with Gasteiger partial charge in [0, 0.05) is 32.2 Å². The highest BCUT2D eigenvalue weighted by Crippen LogP contribution is 2.40. The Balaban J connectivity index is 0.00000147. The van der Waals surface area contributed by atoms with E-state index < -0.39 is 0 Å². The van der Waals surface area contributed by atoms with Crippen LogP contribution in [0.1, 0.15) is 36.4 Å². The van der Waals surface area contributed by atoms with Gasteiger partial charge in [-0.3, -0.25) is 4.90 Å². The van der Waals surface area contributed by atoms with Crippen molar-refractivity contribution in [3.05, 3.63) is 35.1 Å². The second-order valence-corrected chi connectivity index (χ2v) is 5.99. The first-order chi connectivity index (χ1) is 9.24. The molecule has 1 heterocycles. The van der Waals surface area contributed by atoms with Crippen LogP contribution in [0.15, 0.2) is 18.2 Å². The van der Waals surface area contributed by atoms with E-state index >= 15 is 0 Å². The van der Waals surface area contributed by atoms with E-state index in [9.17, 15) is 4.39 Å². The van der Waals surface area contributed by atoms with Crippen molar-refractivity contribution in [3.8, 4) is 0 Å². The topological polar surface area (TPSA) is 15.3 Å². The molecule has 112 valence electrons. The van der Waals surface area contributed by atoms with E-state index in [2.05, 4.69) is 10.2 Å². The van der Waals surface area contributed by atoms with Crippen LogP contribution in [0.25, 0.3) is 0 Å². The molecule has 1 saturated heterocycles. The highest BCUT2D eigenvalue weighted by atomic mass is 35.5. The van der Waals surface area contributed by atoms with Crippen LogP contribution < -0.4 is 5.32 Å². The lowest BCUT2D eigenvalue weighted by Crippen LogP contribution is -2.45. The average Bonchev–Trinajstić information content (AvgIpc) is 3.24. The van der Waals surface area contributed by atoms with Crippen molar-refractivity contribution in [2.75, 3.05) is 26.2 Å². The molecule has 2 fully saturated rings. The number of benzene rings is 1. The third-order valence-corrected chi connectivity index (χ3v) is 4.41. The molecule has 1 aliphatic carbocycles. The molecule has 0 bridgehead atoms. The molecule has 1 aliphatic heterocycles. The van der Waals surface area contributed by atoms with Crippen LogP contribution in [0.3, 0.4) is 0 Å². The summed E-state index contributed by atoms with van der Waals surface area (Å²) in [5, 5.41) is 3.41. The zero-order chi connectivity index (χ0) is 13.2. The van der Waals surface area contributed by atoms with Crippen molar-refractivity contribution in [1.29, 1.82) is 0 Å². The number of halogens is 2. The minimum Gasteiger partial charge on any atom is -0.314 e. The molecule has 3 rings (SSSR count). The summed E-state index contributed by atoms with van der Waals surface area (Å²) in [6.07, 6.45) is 4.00. The maximum Gasteiger partial charge on any atom is 0.126 e. The van der Waals surface area contributed by atoms with E-state index in [1.54, 1.807) is 6.07 Å². The van der Waals surface area contributed by atoms with Gasteiger partial charge in [0.15, 0.2) is 0 Å². The number of hydrogen-bond donors (Lipinski definition) is 1. The lowest BCUT2D eigenvalue weighted by atomic mass is 9.97. The summed E-state index contributed by atoms with van der Waals surface area (Å²) in [4.78, 5) is 2.57. The third kappa shape index (κ3) is 3.72. The third-order valence-electron chi connectivity index (χ3n) is 4.41. The summed E-state index contributed by atoms with van der Waals surface area (Å²) >= 11 is 0. The van der Waals surface area contributed by atoms with Gasteiger partial charge >= 0.3 is 0 Å². The molecule has 2 aliphatic rings. The van der Waals surface area contributed by atoms with Gasteiger partial charge in [-0.05, 0) is 36.5 Å². The number of rotatable bonds is 4. The molecule has 1 atom stereocenters. The number of piperazine rings is 1. The number of aryl methyl sites for hydroxylation is 1. The average molecular weight is 299 g/mol. The minimum absolute atomic E-state index is 0. The smallest absolute Gasteiger partial charge is 0.126 e. The Morgan fingerprint density at radius 1 is 1.30 bits per heavy atom. The first-order valence-corrected chi connectivity index (χ1v) is 7.45. The Morgan fingerprint density at radius 2 is 2.00 bits per heavy atom. The molecule has 1 N–H and O–H groups in total. The standard InChI is InChI=1S/C16H23FN2.ClH/c1-12-10-14(4-5-15(12)17)16(11-13-2-3-13)19-8-6-18-7-9-19;/h4-5,10,13,16,18H,2-3,6-9,11H2,1H3;1H/t16-;/m1./s1. The van der Waals surface area contributed by atoms with E-state index in [4.69, 9.17) is 0 Å². The number of nitrogens with zero attached hydrogens (tertiary/aromatic N) is 1. The molecule has 2 nitrogen and oxygen atoms in total. The second kappa shape index (κ2) is 6.88. The summed E-state index contributed by atoms with van der Waals surface area (Å²) in [6, 6.07) is 6.14. The zero-order valence-electron chi connectivity index (χ0n) is 12.1. The van der Waals surface area contributed by atoms with Gasteiger partial charge in [0.2, 0.25) is 0 Å². The fourth-order valence-electron chi connectivity index (χ4n) is 3.03. The predicted octanol–water partition coefficient (Wildman–Crippen LogP) is 3.30. The summed E-state index contributed by atoms with van der Waals surface area (Å²) in [6.45, 7) is 6.22. The predicted molar refractivity (Wildman–Crippen MR) is 82.9 cm³/mol. The SMILES string of the molecule is Cc1cc([C@@H](CC2CC2)N2CCNCC2)ccc1F.Cl. The fourth-order valence-corrected chi connectivity index (χ4v) is 3.03. The lowest BCUT2D eigenvalue weighted by Gasteiger charge is -2.35. The van der Waals surface area contributed by atoms with Crippen LogP contribution in [0.2, 0.25) is 0 Å². The highest BCUT2D eigenvalue weighted by molar-refractivity contribution is 5.85. The minimum atomic E-state index is -0.0887. The lowest BCUT2D eigenvalue weighted by molar-refractivity contribution is 0.160. The van der Waals surface area contributed by atoms with Gasteiger partial charge in [0.1, 0.15) is 5.82 Å². The maximum absolute atomic E-state index is 13.5. The molecule has 4 heteroatoms. The molecule has 1 saturated carbocycles. The van der Waals surface area contributed by atoms with Crippen LogP contribution in [0.4, 0.5) is 4.39 Å². The summed E-state index contributed by atoms with van der Waals surface area (Å²) < 4.78 is 13.5. The van der Waals surface area contributed by atoms with E-state index in [1.807, 2.05) is 19.1 Å².